The summed E-state index contributed by atoms with van der Waals surface area (Å²) in [5.41, 5.74) is 1.20. The van der Waals surface area contributed by atoms with Crippen molar-refractivity contribution in [3.8, 4) is 11.5 Å². The number of nitrogens with one attached hydrogen (secondary N) is 1. The van der Waals surface area contributed by atoms with Gasteiger partial charge in [-0.1, -0.05) is 12.1 Å². The van der Waals surface area contributed by atoms with E-state index in [2.05, 4.69) is 15.3 Å². The van der Waals surface area contributed by atoms with E-state index in [1.54, 1.807) is 23.5 Å². The third-order valence-corrected chi connectivity index (χ3v) is 4.59. The second kappa shape index (κ2) is 6.29. The molecule has 0 bridgehead atoms. The van der Waals surface area contributed by atoms with Crippen molar-refractivity contribution in [3.63, 3.8) is 0 Å². The number of para-hydroxylation sites is 1. The molecule has 4 rings (SSSR count). The molecule has 6 nitrogen and oxygen atoms in total. The molecule has 1 amide bonds. The van der Waals surface area contributed by atoms with E-state index in [4.69, 9.17) is 8.83 Å². The SMILES string of the molecule is O=C(NCCc1nc2ccccc2s1)c1ncoc1-c1ccco1. The number of aromatic nitrogens is 2. The zero-order valence-electron chi connectivity index (χ0n) is 12.6. The molecule has 0 saturated carbocycles. The molecule has 0 spiro atoms. The fourth-order valence-electron chi connectivity index (χ4n) is 2.38. The van der Waals surface area contributed by atoms with E-state index >= 15 is 0 Å². The molecule has 1 aromatic carbocycles. The average molecular weight is 339 g/mol. The predicted octanol–water partition coefficient (Wildman–Crippen LogP) is 3.52. The van der Waals surface area contributed by atoms with Gasteiger partial charge in [0.25, 0.3) is 5.91 Å². The first kappa shape index (κ1) is 14.6. The van der Waals surface area contributed by atoms with E-state index in [1.165, 1.54) is 12.7 Å². The van der Waals surface area contributed by atoms with Crippen LogP contribution in [0.25, 0.3) is 21.7 Å². The lowest BCUT2D eigenvalue weighted by atomic mass is 10.2. The Morgan fingerprint density at radius 3 is 2.92 bits per heavy atom. The van der Waals surface area contributed by atoms with Crippen molar-refractivity contribution in [2.45, 2.75) is 6.42 Å². The van der Waals surface area contributed by atoms with Gasteiger partial charge in [0.15, 0.2) is 17.8 Å². The second-order valence-corrected chi connectivity index (χ2v) is 6.20. The van der Waals surface area contributed by atoms with E-state index < -0.39 is 0 Å². The Labute approximate surface area is 141 Å². The van der Waals surface area contributed by atoms with Gasteiger partial charge in [-0.3, -0.25) is 4.79 Å². The molecule has 0 radical (unpaired) electrons. The van der Waals surface area contributed by atoms with Gasteiger partial charge < -0.3 is 14.2 Å². The monoisotopic (exact) mass is 339 g/mol. The number of oxazole rings is 1. The maximum absolute atomic E-state index is 12.3. The fourth-order valence-corrected chi connectivity index (χ4v) is 3.35. The zero-order chi connectivity index (χ0) is 16.4. The van der Waals surface area contributed by atoms with Crippen molar-refractivity contribution >= 4 is 27.5 Å². The predicted molar refractivity (Wildman–Crippen MR) is 89.9 cm³/mol. The van der Waals surface area contributed by atoms with E-state index in [0.29, 0.717) is 24.5 Å². The third-order valence-electron chi connectivity index (χ3n) is 3.49. The molecule has 7 heteroatoms. The summed E-state index contributed by atoms with van der Waals surface area (Å²) in [5.74, 6) is 0.512. The van der Waals surface area contributed by atoms with Crippen molar-refractivity contribution < 1.29 is 13.6 Å². The Morgan fingerprint density at radius 2 is 2.08 bits per heavy atom. The van der Waals surface area contributed by atoms with Gasteiger partial charge in [-0.05, 0) is 24.3 Å². The highest BCUT2D eigenvalue weighted by atomic mass is 32.1. The molecular weight excluding hydrogens is 326 g/mol. The summed E-state index contributed by atoms with van der Waals surface area (Å²) < 4.78 is 11.7. The van der Waals surface area contributed by atoms with Crippen LogP contribution in [0.15, 0.2) is 57.9 Å². The molecule has 120 valence electrons. The molecule has 4 aromatic rings. The van der Waals surface area contributed by atoms with Gasteiger partial charge in [0.1, 0.15) is 0 Å². The fraction of sp³-hybridized carbons (Fsp3) is 0.118. The van der Waals surface area contributed by atoms with Crippen LogP contribution >= 0.6 is 11.3 Å². The molecule has 0 aliphatic heterocycles. The van der Waals surface area contributed by atoms with Crippen LogP contribution in [-0.4, -0.2) is 22.4 Å². The zero-order valence-corrected chi connectivity index (χ0v) is 13.4. The summed E-state index contributed by atoms with van der Waals surface area (Å²) in [6.45, 7) is 0.475. The average Bonchev–Trinajstić information content (AvgIpc) is 3.33. The standard InChI is InChI=1S/C17H13N3O3S/c21-17(15-16(23-10-19-15)12-5-3-9-22-12)18-8-7-14-20-11-4-1-2-6-13(11)24-14/h1-6,9-10H,7-8H2,(H,18,21). The maximum Gasteiger partial charge on any atom is 0.274 e. The Bertz CT molecular complexity index is 939. The highest BCUT2D eigenvalue weighted by molar-refractivity contribution is 7.18. The minimum Gasteiger partial charge on any atom is -0.461 e. The normalized spacial score (nSPS) is 11.0. The molecule has 0 saturated heterocycles. The summed E-state index contributed by atoms with van der Waals surface area (Å²) in [5, 5.41) is 3.83. The summed E-state index contributed by atoms with van der Waals surface area (Å²) in [6, 6.07) is 11.4. The van der Waals surface area contributed by atoms with Gasteiger partial charge in [-0.2, -0.15) is 0 Å². The number of hydrogen-bond donors (Lipinski definition) is 1. The Kier molecular flexibility index (Phi) is 3.84. The van der Waals surface area contributed by atoms with Crippen molar-refractivity contribution in [2.24, 2.45) is 0 Å². The molecule has 0 aliphatic rings. The lowest BCUT2D eigenvalue weighted by Gasteiger charge is -2.02. The van der Waals surface area contributed by atoms with E-state index in [1.807, 2.05) is 24.3 Å². The van der Waals surface area contributed by atoms with Crippen LogP contribution in [0.4, 0.5) is 0 Å². The highest BCUT2D eigenvalue weighted by Crippen LogP contribution is 2.24. The lowest BCUT2D eigenvalue weighted by molar-refractivity contribution is 0.0950. The topological polar surface area (TPSA) is 81.2 Å². The summed E-state index contributed by atoms with van der Waals surface area (Å²) in [7, 11) is 0. The first-order chi connectivity index (χ1) is 11.8. The number of amides is 1. The lowest BCUT2D eigenvalue weighted by Crippen LogP contribution is -2.26. The van der Waals surface area contributed by atoms with Crippen LogP contribution in [-0.2, 0) is 6.42 Å². The smallest absolute Gasteiger partial charge is 0.274 e. The number of thiazole rings is 1. The van der Waals surface area contributed by atoms with E-state index in [9.17, 15) is 4.79 Å². The molecule has 24 heavy (non-hydrogen) atoms. The van der Waals surface area contributed by atoms with Crippen molar-refractivity contribution in [3.05, 3.63) is 59.8 Å². The minimum absolute atomic E-state index is 0.217. The molecular formula is C17H13N3O3S. The maximum atomic E-state index is 12.3. The molecule has 0 aliphatic carbocycles. The van der Waals surface area contributed by atoms with Gasteiger partial charge in [0.2, 0.25) is 5.76 Å². The van der Waals surface area contributed by atoms with Crippen LogP contribution in [0.5, 0.6) is 0 Å². The number of hydrogen-bond acceptors (Lipinski definition) is 6. The molecule has 0 unspecified atom stereocenters. The van der Waals surface area contributed by atoms with Crippen LogP contribution in [0, 0.1) is 0 Å². The number of carbonyl (C=O) groups is 1. The number of nitrogens with zero attached hydrogens (tertiary/aromatic N) is 2. The quantitative estimate of drug-likeness (QED) is 0.602. The minimum atomic E-state index is -0.295. The van der Waals surface area contributed by atoms with E-state index in [0.717, 1.165) is 15.2 Å². The Morgan fingerprint density at radius 1 is 1.17 bits per heavy atom. The molecule has 0 fully saturated rings. The summed E-state index contributed by atoms with van der Waals surface area (Å²) >= 11 is 1.64. The number of rotatable bonds is 5. The first-order valence-electron chi connectivity index (χ1n) is 7.41. The van der Waals surface area contributed by atoms with Crippen molar-refractivity contribution in [2.75, 3.05) is 6.54 Å². The van der Waals surface area contributed by atoms with Crippen LogP contribution in [0.3, 0.4) is 0 Å². The van der Waals surface area contributed by atoms with Gasteiger partial charge in [0, 0.05) is 13.0 Å². The Balaban J connectivity index is 1.41. The first-order valence-corrected chi connectivity index (χ1v) is 8.23. The third kappa shape index (κ3) is 2.81. The van der Waals surface area contributed by atoms with Crippen LogP contribution < -0.4 is 5.32 Å². The van der Waals surface area contributed by atoms with Gasteiger partial charge in [0.05, 0.1) is 21.5 Å². The Hall–Kier alpha value is -2.93. The van der Waals surface area contributed by atoms with Gasteiger partial charge in [-0.25, -0.2) is 9.97 Å². The number of furan rings is 1. The van der Waals surface area contributed by atoms with Gasteiger partial charge in [-0.15, -0.1) is 11.3 Å². The van der Waals surface area contributed by atoms with E-state index in [-0.39, 0.29) is 11.6 Å². The van der Waals surface area contributed by atoms with Crippen molar-refractivity contribution in [1.29, 1.82) is 0 Å². The molecule has 1 N–H and O–H groups in total. The van der Waals surface area contributed by atoms with Crippen molar-refractivity contribution in [1.82, 2.24) is 15.3 Å². The largest absolute Gasteiger partial charge is 0.461 e. The molecule has 0 atom stereocenters. The number of carbonyl (C=O) groups excluding carboxylic acids is 1. The number of benzene rings is 1. The molecule has 3 heterocycles. The second-order valence-electron chi connectivity index (χ2n) is 5.09. The summed E-state index contributed by atoms with van der Waals surface area (Å²) in [6.07, 6.45) is 3.42. The molecule has 3 aromatic heterocycles. The van der Waals surface area contributed by atoms with Crippen LogP contribution in [0.2, 0.25) is 0 Å². The highest BCUT2D eigenvalue weighted by Gasteiger charge is 2.19. The number of fused-ring (bicyclic) bond motifs is 1. The van der Waals surface area contributed by atoms with Crippen LogP contribution in [0.1, 0.15) is 15.5 Å². The van der Waals surface area contributed by atoms with Gasteiger partial charge >= 0.3 is 0 Å². The summed E-state index contributed by atoms with van der Waals surface area (Å²) in [4.78, 5) is 20.8.